The average Bonchev–Trinajstić information content (AvgIpc) is 3.41. The molecule has 0 spiro atoms. The Kier molecular flexibility index (Phi) is 4.77. The number of hydrogen-bond donors (Lipinski definition) is 6. The van der Waals surface area contributed by atoms with Crippen molar-refractivity contribution in [1.29, 1.82) is 0 Å². The van der Waals surface area contributed by atoms with E-state index in [2.05, 4.69) is 35.3 Å². The van der Waals surface area contributed by atoms with Crippen LogP contribution in [0.15, 0.2) is 34.2 Å². The predicted octanol–water partition coefficient (Wildman–Crippen LogP) is -0.527. The molecule has 3 aromatic heterocycles. The van der Waals surface area contributed by atoms with Crippen LogP contribution in [-0.4, -0.2) is 56.9 Å². The number of aromatic nitrogens is 6. The molecule has 1 fully saturated rings. The van der Waals surface area contributed by atoms with Gasteiger partial charge in [-0.1, -0.05) is 6.07 Å². The molecule has 3 heterocycles. The topological polar surface area (TPSA) is 194 Å². The van der Waals surface area contributed by atoms with Crippen molar-refractivity contribution in [1.82, 2.24) is 29.5 Å². The van der Waals surface area contributed by atoms with Gasteiger partial charge in [-0.2, -0.15) is 19.6 Å². The van der Waals surface area contributed by atoms with Crippen LogP contribution in [0.1, 0.15) is 34.5 Å². The molecule has 0 atom stereocenters. The minimum absolute atomic E-state index is 0.160. The zero-order valence-corrected chi connectivity index (χ0v) is 17.0. The Morgan fingerprint density at radius 3 is 2.79 bits per heavy atom. The van der Waals surface area contributed by atoms with E-state index in [0.717, 1.165) is 12.8 Å². The maximum absolute atomic E-state index is 11.4. The van der Waals surface area contributed by atoms with E-state index >= 15 is 0 Å². The predicted molar refractivity (Wildman–Crippen MR) is 114 cm³/mol. The van der Waals surface area contributed by atoms with Crippen LogP contribution in [-0.2, 0) is 6.54 Å². The van der Waals surface area contributed by atoms with E-state index in [1.165, 1.54) is 28.9 Å². The summed E-state index contributed by atoms with van der Waals surface area (Å²) in [4.78, 5) is 40.9. The molecule has 1 aromatic carbocycles. The molecule has 168 valence electrons. The molecule has 5 rings (SSSR count). The number of aromatic amines is 2. The quantitative estimate of drug-likeness (QED) is 0.224. The van der Waals surface area contributed by atoms with Crippen molar-refractivity contribution in [3.63, 3.8) is 0 Å². The number of anilines is 1. The number of benzene rings is 1. The van der Waals surface area contributed by atoms with Crippen molar-refractivity contribution in [2.75, 3.05) is 5.32 Å². The van der Waals surface area contributed by atoms with Crippen LogP contribution in [0.5, 0.6) is 11.6 Å². The molecule has 1 aliphatic rings. The SMILES string of the molecule is O=C(O)c1cc(CNc2nc(=NC3CC3)n3ncc(=Cc4[nH]c(=O)[nH]c4O)c3n2)ccc1O. The number of aromatic hydroxyl groups is 2. The lowest BCUT2D eigenvalue weighted by Crippen LogP contribution is -2.24. The van der Waals surface area contributed by atoms with Crippen molar-refractivity contribution < 1.29 is 20.1 Å². The van der Waals surface area contributed by atoms with Gasteiger partial charge in [0.05, 0.1) is 12.2 Å². The smallest absolute Gasteiger partial charge is 0.339 e. The second kappa shape index (κ2) is 7.78. The lowest BCUT2D eigenvalue weighted by molar-refractivity contribution is 0.0693. The van der Waals surface area contributed by atoms with Crippen LogP contribution >= 0.6 is 0 Å². The van der Waals surface area contributed by atoms with Gasteiger partial charge in [0.15, 0.2) is 5.65 Å². The number of carbonyl (C=O) groups is 1. The number of phenols is 1. The van der Waals surface area contributed by atoms with E-state index < -0.39 is 11.7 Å². The Morgan fingerprint density at radius 2 is 2.09 bits per heavy atom. The van der Waals surface area contributed by atoms with E-state index in [4.69, 9.17) is 0 Å². The second-order valence-electron chi connectivity index (χ2n) is 7.54. The van der Waals surface area contributed by atoms with Crippen LogP contribution in [0, 0.1) is 0 Å². The van der Waals surface area contributed by atoms with E-state index in [1.54, 1.807) is 6.07 Å². The maximum atomic E-state index is 11.4. The number of imidazole rings is 1. The summed E-state index contributed by atoms with van der Waals surface area (Å²) in [7, 11) is 0. The Labute approximate surface area is 183 Å². The van der Waals surface area contributed by atoms with Crippen molar-refractivity contribution in [2.45, 2.75) is 25.4 Å². The highest BCUT2D eigenvalue weighted by Gasteiger charge is 2.21. The summed E-state index contributed by atoms with van der Waals surface area (Å²) in [5.41, 5.74) is 0.756. The minimum atomic E-state index is -1.23. The first kappa shape index (κ1) is 20.2. The van der Waals surface area contributed by atoms with Gasteiger partial charge >= 0.3 is 11.7 Å². The molecule has 13 heteroatoms. The lowest BCUT2D eigenvalue weighted by Gasteiger charge is -2.07. The van der Waals surface area contributed by atoms with Gasteiger partial charge in [0, 0.05) is 11.8 Å². The summed E-state index contributed by atoms with van der Waals surface area (Å²) < 4.78 is 1.47. The number of H-pyrrole nitrogens is 2. The Balaban J connectivity index is 1.55. The fraction of sp³-hybridized carbons (Fsp3) is 0.200. The number of aromatic carboxylic acids is 1. The summed E-state index contributed by atoms with van der Waals surface area (Å²) in [5, 5.41) is 36.6. The van der Waals surface area contributed by atoms with Crippen molar-refractivity contribution in [3.05, 3.63) is 62.5 Å². The third kappa shape index (κ3) is 4.11. The first-order chi connectivity index (χ1) is 15.9. The molecule has 1 aliphatic carbocycles. The summed E-state index contributed by atoms with van der Waals surface area (Å²) >= 11 is 0. The largest absolute Gasteiger partial charge is 0.507 e. The summed E-state index contributed by atoms with van der Waals surface area (Å²) in [5.74, 6) is -1.63. The van der Waals surface area contributed by atoms with Gasteiger partial charge < -0.3 is 25.6 Å². The monoisotopic (exact) mass is 450 g/mol. The van der Waals surface area contributed by atoms with Gasteiger partial charge in [-0.25, -0.2) is 14.6 Å². The lowest BCUT2D eigenvalue weighted by atomic mass is 10.1. The number of fused-ring (bicyclic) bond motifs is 1. The standard InChI is InChI=1S/C20H18N8O5/c29-14-4-1-9(5-12(14)17(31)32)7-21-18-25-15-10(6-13-16(30)26-20(33)24-13)8-22-28(15)19(27-18)23-11-2-3-11/h1,4-6,8,11,29-30H,2-3,7H2,(H,31,32)(H,21,23,27)(H2,24,26,33). The molecule has 1 saturated carbocycles. The van der Waals surface area contributed by atoms with E-state index in [1.807, 2.05) is 0 Å². The van der Waals surface area contributed by atoms with Crippen LogP contribution in [0.25, 0.3) is 11.7 Å². The Bertz CT molecular complexity index is 1560. The van der Waals surface area contributed by atoms with Crippen molar-refractivity contribution >= 4 is 23.6 Å². The van der Waals surface area contributed by atoms with Gasteiger partial charge in [0.2, 0.25) is 11.8 Å². The molecule has 0 amide bonds. The number of nitrogens with zero attached hydrogens (tertiary/aromatic N) is 5. The third-order valence-electron chi connectivity index (χ3n) is 5.00. The van der Waals surface area contributed by atoms with Crippen LogP contribution in [0.2, 0.25) is 0 Å². The van der Waals surface area contributed by atoms with Gasteiger partial charge in [-0.15, -0.1) is 0 Å². The molecular formula is C20H18N8O5. The van der Waals surface area contributed by atoms with E-state index in [0.29, 0.717) is 22.0 Å². The molecular weight excluding hydrogens is 432 g/mol. The van der Waals surface area contributed by atoms with Crippen LogP contribution in [0.4, 0.5) is 5.95 Å². The highest BCUT2D eigenvalue weighted by Crippen LogP contribution is 2.22. The van der Waals surface area contributed by atoms with Crippen LogP contribution in [0.3, 0.4) is 0 Å². The average molecular weight is 450 g/mol. The molecule has 6 N–H and O–H groups in total. The maximum Gasteiger partial charge on any atom is 0.339 e. The highest BCUT2D eigenvalue weighted by molar-refractivity contribution is 5.90. The molecule has 0 bridgehead atoms. The van der Waals surface area contributed by atoms with Gasteiger partial charge in [-0.3, -0.25) is 4.98 Å². The first-order valence-corrected chi connectivity index (χ1v) is 9.99. The molecule has 0 unspecified atom stereocenters. The normalized spacial score (nSPS) is 14.8. The number of carboxylic acids is 1. The van der Waals surface area contributed by atoms with Crippen molar-refractivity contribution in [2.24, 2.45) is 4.99 Å². The molecule has 4 aromatic rings. The molecule has 0 saturated heterocycles. The number of carboxylic acid groups (broad SMARTS) is 1. The zero-order valence-electron chi connectivity index (χ0n) is 17.0. The molecule has 0 aliphatic heterocycles. The second-order valence-corrected chi connectivity index (χ2v) is 7.54. The minimum Gasteiger partial charge on any atom is -0.507 e. The van der Waals surface area contributed by atoms with Gasteiger partial charge in [0.1, 0.15) is 17.0 Å². The number of rotatable bonds is 6. The third-order valence-corrected chi connectivity index (χ3v) is 5.00. The Morgan fingerprint density at radius 1 is 1.27 bits per heavy atom. The van der Waals surface area contributed by atoms with E-state index in [-0.39, 0.29) is 41.4 Å². The summed E-state index contributed by atoms with van der Waals surface area (Å²) in [6.45, 7) is 0.193. The Hall–Kier alpha value is -4.68. The van der Waals surface area contributed by atoms with Gasteiger partial charge in [-0.05, 0) is 36.6 Å². The van der Waals surface area contributed by atoms with E-state index in [9.17, 15) is 24.9 Å². The van der Waals surface area contributed by atoms with Crippen LogP contribution < -0.4 is 21.8 Å². The van der Waals surface area contributed by atoms with Gasteiger partial charge in [0.25, 0.3) is 5.62 Å². The highest BCUT2D eigenvalue weighted by atomic mass is 16.4. The number of nitrogens with one attached hydrogen (secondary N) is 3. The summed E-state index contributed by atoms with van der Waals surface area (Å²) in [6, 6.07) is 4.42. The first-order valence-electron chi connectivity index (χ1n) is 9.99. The molecule has 33 heavy (non-hydrogen) atoms. The fourth-order valence-corrected chi connectivity index (χ4v) is 3.20. The molecule has 0 radical (unpaired) electrons. The number of hydrogen-bond acceptors (Lipinski definition) is 9. The van der Waals surface area contributed by atoms with Crippen molar-refractivity contribution in [3.8, 4) is 11.6 Å². The molecule has 13 nitrogen and oxygen atoms in total. The summed E-state index contributed by atoms with van der Waals surface area (Å²) in [6.07, 6.45) is 4.95. The fourth-order valence-electron chi connectivity index (χ4n) is 3.20. The zero-order chi connectivity index (χ0) is 23.1.